The maximum absolute atomic E-state index is 2.50. The number of rotatable bonds is 30. The van der Waals surface area contributed by atoms with Crippen molar-refractivity contribution in [3.63, 3.8) is 0 Å². The van der Waals surface area contributed by atoms with E-state index in [1.165, 1.54) is 186 Å². The van der Waals surface area contributed by atoms with Gasteiger partial charge in [0, 0.05) is 25.0 Å². The van der Waals surface area contributed by atoms with Crippen LogP contribution in [0.4, 0.5) is 0 Å². The minimum absolute atomic E-state index is 0.710. The Kier molecular flexibility index (Phi) is 27.0. The van der Waals surface area contributed by atoms with Gasteiger partial charge in [-0.25, -0.2) is 4.57 Å². The zero-order chi connectivity index (χ0) is 27.2. The lowest BCUT2D eigenvalue weighted by Gasteiger charge is -2.13. The summed E-state index contributed by atoms with van der Waals surface area (Å²) in [5.41, 5.74) is 0. The summed E-state index contributed by atoms with van der Waals surface area (Å²) in [7, 11) is 0. The van der Waals surface area contributed by atoms with E-state index in [1.54, 1.807) is 0 Å². The Morgan fingerprint density at radius 3 is 0.895 bits per heavy atom. The van der Waals surface area contributed by atoms with Crippen LogP contribution in [0.25, 0.3) is 0 Å². The SMILES string of the molecule is CCCCCCCCCCCCCCCCCCC(CCCCCCCCCCCCC)[n+]1ccccc1. The third kappa shape index (κ3) is 23.1. The molecule has 1 heteroatoms. The second kappa shape index (κ2) is 29.1. The Morgan fingerprint density at radius 1 is 0.342 bits per heavy atom. The van der Waals surface area contributed by atoms with E-state index in [9.17, 15) is 0 Å². The number of nitrogens with zero attached hydrogens (tertiary/aromatic N) is 1. The van der Waals surface area contributed by atoms with Crippen LogP contribution in [0.5, 0.6) is 0 Å². The fraction of sp³-hybridized carbons (Fsp3) is 0.865. The van der Waals surface area contributed by atoms with Gasteiger partial charge >= 0.3 is 0 Å². The Balaban J connectivity index is 1.99. The van der Waals surface area contributed by atoms with Crippen molar-refractivity contribution in [3.05, 3.63) is 30.6 Å². The highest BCUT2D eigenvalue weighted by Gasteiger charge is 2.16. The van der Waals surface area contributed by atoms with E-state index >= 15 is 0 Å². The van der Waals surface area contributed by atoms with Gasteiger partial charge in [-0.05, 0) is 12.8 Å². The normalized spacial score (nSPS) is 12.3. The van der Waals surface area contributed by atoms with Gasteiger partial charge in [-0.15, -0.1) is 0 Å². The molecule has 0 aromatic carbocycles. The van der Waals surface area contributed by atoms with Crippen LogP contribution in [0, 0.1) is 0 Å². The summed E-state index contributed by atoms with van der Waals surface area (Å²) in [5, 5.41) is 0. The van der Waals surface area contributed by atoms with Crippen LogP contribution in [0.2, 0.25) is 0 Å². The highest BCUT2D eigenvalue weighted by Crippen LogP contribution is 2.20. The van der Waals surface area contributed by atoms with Gasteiger partial charge in [-0.2, -0.15) is 0 Å². The molecule has 38 heavy (non-hydrogen) atoms. The van der Waals surface area contributed by atoms with Crippen LogP contribution in [-0.4, -0.2) is 0 Å². The summed E-state index contributed by atoms with van der Waals surface area (Å²) in [4.78, 5) is 0. The summed E-state index contributed by atoms with van der Waals surface area (Å²) in [6, 6.07) is 7.29. The molecule has 1 nitrogen and oxygen atoms in total. The first-order valence-electron chi connectivity index (χ1n) is 17.8. The van der Waals surface area contributed by atoms with E-state index in [-0.39, 0.29) is 0 Å². The first-order valence-corrected chi connectivity index (χ1v) is 17.8. The molecular weight excluding hydrogens is 458 g/mol. The average Bonchev–Trinajstić information content (AvgIpc) is 2.95. The Labute approximate surface area is 241 Å². The second-order valence-corrected chi connectivity index (χ2v) is 12.4. The number of unbranched alkanes of at least 4 members (excludes halogenated alkanes) is 25. The van der Waals surface area contributed by atoms with E-state index in [2.05, 4.69) is 49.0 Å². The lowest BCUT2D eigenvalue weighted by Crippen LogP contribution is -2.38. The van der Waals surface area contributed by atoms with Gasteiger partial charge in [0.15, 0.2) is 18.4 Å². The maximum Gasteiger partial charge on any atom is 0.169 e. The lowest BCUT2D eigenvalue weighted by atomic mass is 9.99. The van der Waals surface area contributed by atoms with E-state index in [0.29, 0.717) is 6.04 Å². The molecule has 0 aliphatic rings. The molecular formula is C37H70N+. The summed E-state index contributed by atoms with van der Waals surface area (Å²) in [6.07, 6.45) is 46.4. The predicted molar refractivity (Wildman–Crippen MR) is 171 cm³/mol. The molecule has 1 aromatic heterocycles. The fourth-order valence-corrected chi connectivity index (χ4v) is 6.07. The predicted octanol–water partition coefficient (Wildman–Crippen LogP) is 12.9. The van der Waals surface area contributed by atoms with Crippen molar-refractivity contribution < 1.29 is 4.57 Å². The molecule has 0 fully saturated rings. The summed E-state index contributed by atoms with van der Waals surface area (Å²) in [6.45, 7) is 4.61. The van der Waals surface area contributed by atoms with Crippen molar-refractivity contribution in [1.29, 1.82) is 0 Å². The van der Waals surface area contributed by atoms with Crippen molar-refractivity contribution in [2.75, 3.05) is 0 Å². The summed E-state index contributed by atoms with van der Waals surface area (Å²) >= 11 is 0. The number of hydrogen-bond donors (Lipinski definition) is 0. The second-order valence-electron chi connectivity index (χ2n) is 12.4. The molecule has 0 saturated heterocycles. The third-order valence-electron chi connectivity index (χ3n) is 8.69. The maximum atomic E-state index is 2.50. The fourth-order valence-electron chi connectivity index (χ4n) is 6.07. The van der Waals surface area contributed by atoms with Gasteiger partial charge in [-0.1, -0.05) is 180 Å². The Hall–Kier alpha value is -0.850. The van der Waals surface area contributed by atoms with Crippen molar-refractivity contribution in [2.45, 2.75) is 206 Å². The van der Waals surface area contributed by atoms with Gasteiger partial charge in [0.1, 0.15) is 0 Å². The van der Waals surface area contributed by atoms with E-state index in [1.807, 2.05) is 0 Å². The average molecular weight is 529 g/mol. The van der Waals surface area contributed by atoms with Crippen LogP contribution in [-0.2, 0) is 0 Å². The minimum atomic E-state index is 0.710. The summed E-state index contributed by atoms with van der Waals surface area (Å²) < 4.78 is 2.50. The topological polar surface area (TPSA) is 3.88 Å². The lowest BCUT2D eigenvalue weighted by molar-refractivity contribution is -0.724. The smallest absolute Gasteiger partial charge is 0.169 e. The zero-order valence-corrected chi connectivity index (χ0v) is 26.4. The van der Waals surface area contributed by atoms with Crippen molar-refractivity contribution in [1.82, 2.24) is 0 Å². The highest BCUT2D eigenvalue weighted by molar-refractivity contribution is 4.84. The van der Waals surface area contributed by atoms with Gasteiger partial charge in [0.2, 0.25) is 0 Å². The van der Waals surface area contributed by atoms with Gasteiger partial charge in [0.05, 0.1) is 0 Å². The van der Waals surface area contributed by atoms with Crippen molar-refractivity contribution in [3.8, 4) is 0 Å². The van der Waals surface area contributed by atoms with Gasteiger partial charge in [-0.3, -0.25) is 0 Å². The molecule has 1 aromatic rings. The number of aromatic nitrogens is 1. The van der Waals surface area contributed by atoms with Crippen molar-refractivity contribution >= 4 is 0 Å². The Morgan fingerprint density at radius 2 is 0.605 bits per heavy atom. The number of hydrogen-bond acceptors (Lipinski definition) is 0. The van der Waals surface area contributed by atoms with E-state index in [0.717, 1.165) is 0 Å². The molecule has 0 saturated carbocycles. The van der Waals surface area contributed by atoms with Crippen LogP contribution >= 0.6 is 0 Å². The standard InChI is InChI=1S/C37H70N/c1-3-5-7-9-11-13-15-16-17-18-19-21-23-25-27-30-34-37(38-35-31-28-32-36-38)33-29-26-24-22-20-14-12-10-8-6-4-2/h28,31-32,35-37H,3-27,29-30,33-34H2,1-2H3/q+1. The monoisotopic (exact) mass is 529 g/mol. The molecule has 0 bridgehead atoms. The molecule has 1 rings (SSSR count). The first kappa shape index (κ1) is 35.2. The number of pyridine rings is 1. The molecule has 0 amide bonds. The van der Waals surface area contributed by atoms with Crippen molar-refractivity contribution in [2.24, 2.45) is 0 Å². The Bertz CT molecular complexity index is 553. The van der Waals surface area contributed by atoms with Crippen LogP contribution in [0.3, 0.4) is 0 Å². The molecule has 1 atom stereocenters. The molecule has 0 spiro atoms. The molecule has 0 N–H and O–H groups in total. The quantitative estimate of drug-likeness (QED) is 0.0690. The van der Waals surface area contributed by atoms with Gasteiger partial charge < -0.3 is 0 Å². The molecule has 1 unspecified atom stereocenters. The summed E-state index contributed by atoms with van der Waals surface area (Å²) in [5.74, 6) is 0. The molecule has 0 aliphatic heterocycles. The third-order valence-corrected chi connectivity index (χ3v) is 8.69. The minimum Gasteiger partial charge on any atom is -0.202 e. The van der Waals surface area contributed by atoms with Crippen LogP contribution in [0.15, 0.2) is 30.6 Å². The van der Waals surface area contributed by atoms with E-state index < -0.39 is 0 Å². The zero-order valence-electron chi connectivity index (χ0n) is 26.4. The van der Waals surface area contributed by atoms with Gasteiger partial charge in [0.25, 0.3) is 0 Å². The molecule has 0 radical (unpaired) electrons. The largest absolute Gasteiger partial charge is 0.202 e. The molecule has 222 valence electrons. The molecule has 1 heterocycles. The van der Waals surface area contributed by atoms with E-state index in [4.69, 9.17) is 0 Å². The molecule has 0 aliphatic carbocycles. The first-order chi connectivity index (χ1) is 18.9. The van der Waals surface area contributed by atoms with Crippen LogP contribution < -0.4 is 4.57 Å². The van der Waals surface area contributed by atoms with Crippen LogP contribution in [0.1, 0.15) is 206 Å². The highest BCUT2D eigenvalue weighted by atomic mass is 15.0.